The highest BCUT2D eigenvalue weighted by atomic mass is 79.9. The van der Waals surface area contributed by atoms with E-state index < -0.39 is 4.92 Å². The van der Waals surface area contributed by atoms with E-state index >= 15 is 0 Å². The van der Waals surface area contributed by atoms with Crippen LogP contribution in [-0.2, 0) is 5.33 Å². The van der Waals surface area contributed by atoms with Gasteiger partial charge in [-0.1, -0.05) is 22.0 Å². The predicted octanol–water partition coefficient (Wildman–Crippen LogP) is 3.69. The lowest BCUT2D eigenvalue weighted by molar-refractivity contribution is -0.385. The van der Waals surface area contributed by atoms with E-state index in [-0.39, 0.29) is 11.4 Å². The van der Waals surface area contributed by atoms with Gasteiger partial charge in [-0.15, -0.1) is 0 Å². The topological polar surface area (TPSA) is 74.5 Å². The van der Waals surface area contributed by atoms with Crippen molar-refractivity contribution in [3.05, 3.63) is 52.2 Å². The van der Waals surface area contributed by atoms with Crippen molar-refractivity contribution in [2.24, 2.45) is 0 Å². The molecule has 1 aromatic heterocycles. The number of halogens is 1. The summed E-state index contributed by atoms with van der Waals surface area (Å²) in [5, 5.41) is 11.5. The highest BCUT2D eigenvalue weighted by Gasteiger charge is 2.16. The van der Waals surface area contributed by atoms with E-state index in [4.69, 9.17) is 9.47 Å². The zero-order valence-electron chi connectivity index (χ0n) is 10.6. The average Bonchev–Trinajstić information content (AvgIpc) is 2.47. The standard InChI is InChI=1S/C13H11BrN2O4/c1-19-12-5-4-10(7-11(12)16(17)18)20-13-9(8-14)3-2-6-15-13/h2-7H,8H2,1H3. The minimum atomic E-state index is -0.518. The number of hydrogen-bond donors (Lipinski definition) is 0. The minimum Gasteiger partial charge on any atom is -0.490 e. The average molecular weight is 339 g/mol. The van der Waals surface area contributed by atoms with Gasteiger partial charge in [-0.05, 0) is 18.2 Å². The molecule has 0 fully saturated rings. The molecule has 0 bridgehead atoms. The number of nitro groups is 1. The molecule has 0 spiro atoms. The summed E-state index contributed by atoms with van der Waals surface area (Å²) in [6.07, 6.45) is 1.60. The van der Waals surface area contributed by atoms with E-state index in [1.807, 2.05) is 6.07 Å². The molecular formula is C13H11BrN2O4. The molecular weight excluding hydrogens is 328 g/mol. The summed E-state index contributed by atoms with van der Waals surface area (Å²) in [6.45, 7) is 0. The Morgan fingerprint density at radius 2 is 2.20 bits per heavy atom. The molecule has 0 amide bonds. The molecule has 2 aromatic rings. The first-order chi connectivity index (χ1) is 9.65. The highest BCUT2D eigenvalue weighted by Crippen LogP contribution is 2.33. The Morgan fingerprint density at radius 1 is 1.40 bits per heavy atom. The number of nitrogens with zero attached hydrogens (tertiary/aromatic N) is 2. The Morgan fingerprint density at radius 3 is 2.85 bits per heavy atom. The van der Waals surface area contributed by atoms with Gasteiger partial charge in [-0.25, -0.2) is 4.98 Å². The summed E-state index contributed by atoms with van der Waals surface area (Å²) in [5.74, 6) is 0.923. The number of aromatic nitrogens is 1. The summed E-state index contributed by atoms with van der Waals surface area (Å²) in [5.41, 5.74) is 0.701. The van der Waals surface area contributed by atoms with E-state index in [2.05, 4.69) is 20.9 Å². The van der Waals surface area contributed by atoms with Crippen LogP contribution in [0.25, 0.3) is 0 Å². The summed E-state index contributed by atoms with van der Waals surface area (Å²) in [6, 6.07) is 8.04. The lowest BCUT2D eigenvalue weighted by Gasteiger charge is -2.09. The smallest absolute Gasteiger partial charge is 0.314 e. The van der Waals surface area contributed by atoms with Gasteiger partial charge < -0.3 is 9.47 Å². The van der Waals surface area contributed by atoms with Crippen molar-refractivity contribution in [2.45, 2.75) is 5.33 Å². The predicted molar refractivity (Wildman–Crippen MR) is 76.6 cm³/mol. The summed E-state index contributed by atoms with van der Waals surface area (Å²) in [4.78, 5) is 14.5. The summed E-state index contributed by atoms with van der Waals surface area (Å²) < 4.78 is 10.5. The third kappa shape index (κ3) is 3.05. The lowest BCUT2D eigenvalue weighted by Crippen LogP contribution is -1.96. The van der Waals surface area contributed by atoms with Gasteiger partial charge >= 0.3 is 5.69 Å². The number of methoxy groups -OCH3 is 1. The molecule has 0 atom stereocenters. The van der Waals surface area contributed by atoms with Crippen molar-refractivity contribution in [2.75, 3.05) is 7.11 Å². The number of benzene rings is 1. The van der Waals surface area contributed by atoms with Crippen LogP contribution in [0.3, 0.4) is 0 Å². The van der Waals surface area contributed by atoms with Crippen LogP contribution in [0.15, 0.2) is 36.5 Å². The second-order valence-corrected chi connectivity index (χ2v) is 4.35. The van der Waals surface area contributed by atoms with Crippen molar-refractivity contribution in [3.8, 4) is 17.4 Å². The Hall–Kier alpha value is -2.15. The van der Waals surface area contributed by atoms with Gasteiger partial charge in [-0.3, -0.25) is 10.1 Å². The molecule has 0 aliphatic carbocycles. The van der Waals surface area contributed by atoms with Gasteiger partial charge in [0.25, 0.3) is 0 Å². The van der Waals surface area contributed by atoms with Gasteiger partial charge in [0.05, 0.1) is 18.1 Å². The summed E-state index contributed by atoms with van der Waals surface area (Å²) in [7, 11) is 1.38. The van der Waals surface area contributed by atoms with Crippen LogP contribution in [0.4, 0.5) is 5.69 Å². The molecule has 0 unspecified atom stereocenters. The van der Waals surface area contributed by atoms with Gasteiger partial charge in [0.2, 0.25) is 5.88 Å². The van der Waals surface area contributed by atoms with E-state index in [0.717, 1.165) is 5.56 Å². The Labute approximate surface area is 123 Å². The number of hydrogen-bond acceptors (Lipinski definition) is 5. The molecule has 0 N–H and O–H groups in total. The van der Waals surface area contributed by atoms with Crippen LogP contribution in [-0.4, -0.2) is 17.0 Å². The number of pyridine rings is 1. The Balaban J connectivity index is 2.34. The van der Waals surface area contributed by atoms with E-state index in [1.54, 1.807) is 18.3 Å². The van der Waals surface area contributed by atoms with Gasteiger partial charge in [0.15, 0.2) is 5.75 Å². The Bertz CT molecular complexity index is 634. The molecule has 1 aromatic carbocycles. The van der Waals surface area contributed by atoms with Crippen molar-refractivity contribution in [3.63, 3.8) is 0 Å². The van der Waals surface area contributed by atoms with E-state index in [0.29, 0.717) is 17.0 Å². The second kappa shape index (κ2) is 6.33. The van der Waals surface area contributed by atoms with Crippen LogP contribution < -0.4 is 9.47 Å². The van der Waals surface area contributed by atoms with Crippen molar-refractivity contribution < 1.29 is 14.4 Å². The molecule has 7 heteroatoms. The van der Waals surface area contributed by atoms with Crippen LogP contribution in [0.2, 0.25) is 0 Å². The number of nitro benzene ring substituents is 1. The molecule has 0 radical (unpaired) electrons. The lowest BCUT2D eigenvalue weighted by atomic mass is 10.2. The number of ether oxygens (including phenoxy) is 2. The van der Waals surface area contributed by atoms with Crippen LogP contribution in [0.1, 0.15) is 5.56 Å². The SMILES string of the molecule is COc1ccc(Oc2ncccc2CBr)cc1[N+](=O)[O-]. The van der Waals surface area contributed by atoms with Crippen molar-refractivity contribution in [1.29, 1.82) is 0 Å². The molecule has 0 saturated carbocycles. The maximum absolute atomic E-state index is 11.0. The zero-order chi connectivity index (χ0) is 14.5. The molecule has 0 aliphatic heterocycles. The number of alkyl halides is 1. The van der Waals surface area contributed by atoms with Crippen molar-refractivity contribution >= 4 is 21.6 Å². The maximum atomic E-state index is 11.0. The van der Waals surface area contributed by atoms with E-state index in [9.17, 15) is 10.1 Å². The van der Waals surface area contributed by atoms with Crippen LogP contribution in [0.5, 0.6) is 17.4 Å². The zero-order valence-corrected chi connectivity index (χ0v) is 12.2. The van der Waals surface area contributed by atoms with Gasteiger partial charge in [0, 0.05) is 17.1 Å². The quantitative estimate of drug-likeness (QED) is 0.472. The fraction of sp³-hybridized carbons (Fsp3) is 0.154. The molecule has 20 heavy (non-hydrogen) atoms. The number of rotatable bonds is 5. The molecule has 0 saturated heterocycles. The fourth-order valence-corrected chi connectivity index (χ4v) is 2.03. The Kier molecular flexibility index (Phi) is 4.52. The maximum Gasteiger partial charge on any atom is 0.314 e. The third-order valence-corrected chi connectivity index (χ3v) is 3.16. The summed E-state index contributed by atoms with van der Waals surface area (Å²) >= 11 is 3.33. The normalized spacial score (nSPS) is 10.1. The first-order valence-corrected chi connectivity index (χ1v) is 6.78. The third-order valence-electron chi connectivity index (χ3n) is 2.56. The second-order valence-electron chi connectivity index (χ2n) is 3.79. The molecule has 104 valence electrons. The molecule has 6 nitrogen and oxygen atoms in total. The van der Waals surface area contributed by atoms with E-state index in [1.165, 1.54) is 19.2 Å². The first-order valence-electron chi connectivity index (χ1n) is 5.66. The minimum absolute atomic E-state index is 0.152. The van der Waals surface area contributed by atoms with Gasteiger partial charge in [-0.2, -0.15) is 0 Å². The molecule has 1 heterocycles. The first kappa shape index (κ1) is 14.3. The van der Waals surface area contributed by atoms with Crippen molar-refractivity contribution in [1.82, 2.24) is 4.98 Å². The fourth-order valence-electron chi connectivity index (χ4n) is 1.61. The van der Waals surface area contributed by atoms with Crippen LogP contribution >= 0.6 is 15.9 Å². The molecule has 0 aliphatic rings. The molecule has 2 rings (SSSR count). The van der Waals surface area contributed by atoms with Gasteiger partial charge in [0.1, 0.15) is 5.75 Å². The monoisotopic (exact) mass is 338 g/mol. The largest absolute Gasteiger partial charge is 0.490 e. The highest BCUT2D eigenvalue weighted by molar-refractivity contribution is 9.08. The van der Waals surface area contributed by atoms with Crippen LogP contribution in [0, 0.1) is 10.1 Å².